The van der Waals surface area contributed by atoms with Gasteiger partial charge in [-0.05, 0) is 38.1 Å². The number of nitrogens with zero attached hydrogens (tertiary/aromatic N) is 4. The Kier molecular flexibility index (Phi) is 6.20. The minimum Gasteiger partial charge on any atom is -0.461 e. The lowest BCUT2D eigenvalue weighted by atomic mass is 10.0. The summed E-state index contributed by atoms with van der Waals surface area (Å²) < 4.78 is 6.79. The molecule has 33 heavy (non-hydrogen) atoms. The number of carbonyl (C=O) groups excluding carboxylic acids is 2. The van der Waals surface area contributed by atoms with Crippen LogP contribution in [0.5, 0.6) is 0 Å². The van der Waals surface area contributed by atoms with Crippen molar-refractivity contribution in [1.29, 1.82) is 5.26 Å². The fourth-order valence-corrected chi connectivity index (χ4v) is 4.00. The Hall–Kier alpha value is -4.03. The molecule has 0 unspecified atom stereocenters. The third kappa shape index (κ3) is 4.21. The molecule has 0 radical (unpaired) electrons. The van der Waals surface area contributed by atoms with Crippen molar-refractivity contribution in [1.82, 2.24) is 15.1 Å². The molecule has 0 aliphatic carbocycles. The van der Waals surface area contributed by atoms with E-state index in [1.165, 1.54) is 0 Å². The molecule has 1 aliphatic rings. The minimum absolute atomic E-state index is 0.0568. The van der Waals surface area contributed by atoms with Crippen LogP contribution in [0.1, 0.15) is 34.7 Å². The first kappa shape index (κ1) is 22.2. The van der Waals surface area contributed by atoms with Gasteiger partial charge in [0.05, 0.1) is 18.4 Å². The molecule has 1 saturated heterocycles. The SMILES string of the molecule is CCOC(=O)c1nn(-c2ccccc2)cc1[C@@H]1NC(=O)[C@@H](C#N)C(=S)N1c1ccc(C)cc1. The van der Waals surface area contributed by atoms with E-state index >= 15 is 0 Å². The quantitative estimate of drug-likeness (QED) is 0.461. The summed E-state index contributed by atoms with van der Waals surface area (Å²) in [5.74, 6) is -2.28. The standard InChI is InChI=1S/C24H21N5O3S/c1-3-32-24(31)20-19(14-28(27-20)16-7-5-4-6-8-16)21-26-22(30)18(13-25)23(33)29(21)17-11-9-15(2)10-12-17/h4-12,14,18,21H,3H2,1-2H3,(H,26,30)/t18-,21-/m1/s1. The number of anilines is 1. The van der Waals surface area contributed by atoms with E-state index in [0.717, 1.165) is 11.3 Å². The van der Waals surface area contributed by atoms with E-state index in [0.29, 0.717) is 11.3 Å². The molecule has 4 rings (SSSR count). The van der Waals surface area contributed by atoms with Crippen LogP contribution in [0.3, 0.4) is 0 Å². The van der Waals surface area contributed by atoms with Gasteiger partial charge in [-0.1, -0.05) is 48.1 Å². The predicted octanol–water partition coefficient (Wildman–Crippen LogP) is 3.46. The molecular weight excluding hydrogens is 438 g/mol. The lowest BCUT2D eigenvalue weighted by Gasteiger charge is -2.39. The fourth-order valence-electron chi connectivity index (χ4n) is 3.63. The zero-order chi connectivity index (χ0) is 23.5. The minimum atomic E-state index is -1.13. The van der Waals surface area contributed by atoms with Crippen molar-refractivity contribution in [2.24, 2.45) is 5.92 Å². The zero-order valence-electron chi connectivity index (χ0n) is 18.1. The number of amides is 1. The number of nitriles is 1. The van der Waals surface area contributed by atoms with Crippen LogP contribution in [-0.2, 0) is 9.53 Å². The number of hydrogen-bond donors (Lipinski definition) is 1. The molecule has 2 heterocycles. The van der Waals surface area contributed by atoms with E-state index in [1.54, 1.807) is 22.7 Å². The van der Waals surface area contributed by atoms with Crippen LogP contribution in [0.25, 0.3) is 5.69 Å². The van der Waals surface area contributed by atoms with Crippen LogP contribution < -0.4 is 10.2 Å². The average molecular weight is 460 g/mol. The first-order chi connectivity index (χ1) is 15.9. The summed E-state index contributed by atoms with van der Waals surface area (Å²) in [4.78, 5) is 27.4. The molecule has 3 aromatic rings. The maximum atomic E-state index is 12.8. The van der Waals surface area contributed by atoms with Gasteiger partial charge < -0.3 is 15.0 Å². The van der Waals surface area contributed by atoms with Gasteiger partial charge in [0, 0.05) is 17.4 Å². The highest BCUT2D eigenvalue weighted by Crippen LogP contribution is 2.34. The summed E-state index contributed by atoms with van der Waals surface area (Å²) in [6, 6.07) is 18.8. The van der Waals surface area contributed by atoms with Crippen LogP contribution in [-0.4, -0.2) is 33.3 Å². The highest BCUT2D eigenvalue weighted by molar-refractivity contribution is 7.80. The molecule has 1 aromatic heterocycles. The van der Waals surface area contributed by atoms with Crippen molar-refractivity contribution in [3.63, 3.8) is 0 Å². The smallest absolute Gasteiger partial charge is 0.359 e. The Morgan fingerprint density at radius 3 is 2.52 bits per heavy atom. The Bertz CT molecular complexity index is 1250. The van der Waals surface area contributed by atoms with Crippen LogP contribution in [0.15, 0.2) is 60.8 Å². The second-order valence-electron chi connectivity index (χ2n) is 7.45. The largest absolute Gasteiger partial charge is 0.461 e. The van der Waals surface area contributed by atoms with E-state index in [9.17, 15) is 14.9 Å². The van der Waals surface area contributed by atoms with Crippen molar-refractivity contribution in [2.45, 2.75) is 20.0 Å². The number of esters is 1. The number of ether oxygens (including phenoxy) is 1. The normalized spacial score (nSPS) is 17.9. The first-order valence-corrected chi connectivity index (χ1v) is 10.8. The monoisotopic (exact) mass is 459 g/mol. The summed E-state index contributed by atoms with van der Waals surface area (Å²) >= 11 is 5.58. The highest BCUT2D eigenvalue weighted by atomic mass is 32.1. The van der Waals surface area contributed by atoms with Crippen LogP contribution >= 0.6 is 12.2 Å². The molecule has 166 valence electrons. The number of nitrogens with one attached hydrogen (secondary N) is 1. The maximum absolute atomic E-state index is 12.8. The van der Waals surface area contributed by atoms with E-state index in [1.807, 2.05) is 67.6 Å². The number of aryl methyl sites for hydroxylation is 1. The first-order valence-electron chi connectivity index (χ1n) is 10.4. The highest BCUT2D eigenvalue weighted by Gasteiger charge is 2.42. The number of rotatable bonds is 5. The molecular formula is C24H21N5O3S. The van der Waals surface area contributed by atoms with Crippen molar-refractivity contribution in [3.05, 3.63) is 77.6 Å². The lowest BCUT2D eigenvalue weighted by molar-refractivity contribution is -0.123. The summed E-state index contributed by atoms with van der Waals surface area (Å²) in [6.45, 7) is 3.84. The topological polar surface area (TPSA) is 100 Å². The molecule has 0 spiro atoms. The number of carbonyl (C=O) groups is 2. The van der Waals surface area contributed by atoms with E-state index < -0.39 is 24.0 Å². The molecule has 1 fully saturated rings. The van der Waals surface area contributed by atoms with Crippen molar-refractivity contribution >= 4 is 34.8 Å². The molecule has 0 saturated carbocycles. The second-order valence-corrected chi connectivity index (χ2v) is 7.87. The Morgan fingerprint density at radius 2 is 1.88 bits per heavy atom. The summed E-state index contributed by atoms with van der Waals surface area (Å²) in [5.41, 5.74) is 2.92. The Morgan fingerprint density at radius 1 is 1.18 bits per heavy atom. The molecule has 1 amide bonds. The maximum Gasteiger partial charge on any atom is 0.359 e. The number of hydrogen-bond acceptors (Lipinski definition) is 6. The van der Waals surface area contributed by atoms with Gasteiger partial charge in [-0.25, -0.2) is 9.48 Å². The van der Waals surface area contributed by atoms with Gasteiger partial charge in [0.25, 0.3) is 0 Å². The summed E-state index contributed by atoms with van der Waals surface area (Å²) in [7, 11) is 0. The van der Waals surface area contributed by atoms with Gasteiger partial charge in [-0.15, -0.1) is 0 Å². The number of benzene rings is 2. The molecule has 8 nitrogen and oxygen atoms in total. The van der Waals surface area contributed by atoms with Crippen LogP contribution in [0, 0.1) is 24.2 Å². The van der Waals surface area contributed by atoms with Gasteiger partial charge in [0.15, 0.2) is 11.6 Å². The Labute approximate surface area is 196 Å². The third-order valence-electron chi connectivity index (χ3n) is 5.25. The Balaban J connectivity index is 1.88. The number of aromatic nitrogens is 2. The summed E-state index contributed by atoms with van der Waals surface area (Å²) in [6.07, 6.45) is 0.817. The molecule has 2 aromatic carbocycles. The lowest BCUT2D eigenvalue weighted by Crippen LogP contribution is -2.55. The van der Waals surface area contributed by atoms with Gasteiger partial charge in [-0.2, -0.15) is 10.4 Å². The van der Waals surface area contributed by atoms with Crippen molar-refractivity contribution < 1.29 is 14.3 Å². The molecule has 9 heteroatoms. The summed E-state index contributed by atoms with van der Waals surface area (Å²) in [5, 5.41) is 16.9. The van der Waals surface area contributed by atoms with Crippen molar-refractivity contribution in [3.8, 4) is 11.8 Å². The predicted molar refractivity (Wildman–Crippen MR) is 126 cm³/mol. The van der Waals surface area contributed by atoms with E-state index in [4.69, 9.17) is 17.0 Å². The van der Waals surface area contributed by atoms with E-state index in [-0.39, 0.29) is 17.3 Å². The fraction of sp³-hybridized carbons (Fsp3) is 0.208. The van der Waals surface area contributed by atoms with Crippen LogP contribution in [0.4, 0.5) is 5.69 Å². The van der Waals surface area contributed by atoms with Crippen molar-refractivity contribution in [2.75, 3.05) is 11.5 Å². The second kappa shape index (κ2) is 9.22. The van der Waals surface area contributed by atoms with Crippen LogP contribution in [0.2, 0.25) is 0 Å². The van der Waals surface area contributed by atoms with Gasteiger partial charge in [0.1, 0.15) is 11.2 Å². The number of para-hydroxylation sites is 1. The van der Waals surface area contributed by atoms with Gasteiger partial charge in [-0.3, -0.25) is 4.79 Å². The molecule has 0 bridgehead atoms. The number of thiocarbonyl (C=S) groups is 1. The van der Waals surface area contributed by atoms with Gasteiger partial charge in [0.2, 0.25) is 5.91 Å². The van der Waals surface area contributed by atoms with Gasteiger partial charge >= 0.3 is 5.97 Å². The third-order valence-corrected chi connectivity index (χ3v) is 5.68. The zero-order valence-corrected chi connectivity index (χ0v) is 18.9. The average Bonchev–Trinajstić information content (AvgIpc) is 3.26. The van der Waals surface area contributed by atoms with E-state index in [2.05, 4.69) is 10.4 Å². The molecule has 1 N–H and O–H groups in total. The molecule has 1 aliphatic heterocycles. The molecule has 2 atom stereocenters.